The maximum atomic E-state index is 13.0. The molecular formula is C31H34N4O. The Balaban J connectivity index is 1.17. The van der Waals surface area contributed by atoms with Gasteiger partial charge in [0.2, 0.25) is 5.91 Å². The number of carbonyl (C=O) groups excluding carboxylic acids is 1. The zero-order chi connectivity index (χ0) is 24.9. The van der Waals surface area contributed by atoms with E-state index < -0.39 is 0 Å². The zero-order valence-electron chi connectivity index (χ0n) is 21.2. The highest BCUT2D eigenvalue weighted by molar-refractivity contribution is 5.76. The third-order valence-electron chi connectivity index (χ3n) is 7.08. The molecular weight excluding hydrogens is 444 g/mol. The summed E-state index contributed by atoms with van der Waals surface area (Å²) in [6, 6.07) is 32.1. The Kier molecular flexibility index (Phi) is 7.28. The van der Waals surface area contributed by atoms with Crippen molar-refractivity contribution >= 4 is 5.91 Å². The van der Waals surface area contributed by atoms with Crippen LogP contribution in [0.15, 0.2) is 91.0 Å². The number of amides is 1. The van der Waals surface area contributed by atoms with Gasteiger partial charge in [0.25, 0.3) is 0 Å². The molecule has 5 nitrogen and oxygen atoms in total. The van der Waals surface area contributed by atoms with E-state index in [-0.39, 0.29) is 11.9 Å². The average Bonchev–Trinajstić information content (AvgIpc) is 3.27. The molecule has 0 N–H and O–H groups in total. The van der Waals surface area contributed by atoms with Gasteiger partial charge in [-0.1, -0.05) is 72.8 Å². The second kappa shape index (κ2) is 10.9. The lowest BCUT2D eigenvalue weighted by Crippen LogP contribution is -2.49. The van der Waals surface area contributed by atoms with Crippen molar-refractivity contribution in [3.8, 4) is 5.69 Å². The van der Waals surface area contributed by atoms with Crippen LogP contribution < -0.4 is 0 Å². The van der Waals surface area contributed by atoms with Gasteiger partial charge in [-0.2, -0.15) is 5.10 Å². The molecule has 0 atom stereocenters. The highest BCUT2D eigenvalue weighted by atomic mass is 16.2. The molecule has 0 radical (unpaired) electrons. The van der Waals surface area contributed by atoms with E-state index in [1.165, 1.54) is 16.7 Å². The van der Waals surface area contributed by atoms with Gasteiger partial charge in [-0.05, 0) is 55.2 Å². The maximum Gasteiger partial charge on any atom is 0.222 e. The summed E-state index contributed by atoms with van der Waals surface area (Å²) in [6.45, 7) is 7.35. The van der Waals surface area contributed by atoms with Gasteiger partial charge in [-0.15, -0.1) is 0 Å². The summed E-state index contributed by atoms with van der Waals surface area (Å²) in [4.78, 5) is 17.6. The fourth-order valence-corrected chi connectivity index (χ4v) is 5.22. The summed E-state index contributed by atoms with van der Waals surface area (Å²) < 4.78 is 1.96. The van der Waals surface area contributed by atoms with Gasteiger partial charge in [0.1, 0.15) is 0 Å². The molecule has 1 fully saturated rings. The minimum absolute atomic E-state index is 0.213. The van der Waals surface area contributed by atoms with Gasteiger partial charge in [0.05, 0.1) is 17.4 Å². The van der Waals surface area contributed by atoms with Crippen LogP contribution in [0.2, 0.25) is 0 Å². The van der Waals surface area contributed by atoms with Crippen LogP contribution in [0.4, 0.5) is 0 Å². The predicted molar refractivity (Wildman–Crippen MR) is 144 cm³/mol. The van der Waals surface area contributed by atoms with Crippen molar-refractivity contribution in [2.45, 2.75) is 32.7 Å². The first kappa shape index (κ1) is 24.0. The molecule has 0 bridgehead atoms. The Morgan fingerprint density at radius 3 is 1.92 bits per heavy atom. The number of aromatic nitrogens is 2. The first-order valence-corrected chi connectivity index (χ1v) is 12.8. The predicted octanol–water partition coefficient (Wildman–Crippen LogP) is 5.36. The molecule has 1 aromatic heterocycles. The molecule has 3 aromatic carbocycles. The van der Waals surface area contributed by atoms with E-state index in [0.29, 0.717) is 6.42 Å². The Morgan fingerprint density at radius 1 is 0.806 bits per heavy atom. The van der Waals surface area contributed by atoms with Crippen LogP contribution in [0.3, 0.4) is 0 Å². The summed E-state index contributed by atoms with van der Waals surface area (Å²) >= 11 is 0. The van der Waals surface area contributed by atoms with Crippen LogP contribution in [-0.2, 0) is 11.2 Å². The molecule has 0 unspecified atom stereocenters. The molecule has 4 aromatic rings. The van der Waals surface area contributed by atoms with Crippen molar-refractivity contribution in [1.82, 2.24) is 19.6 Å². The van der Waals surface area contributed by atoms with Crippen molar-refractivity contribution in [2.75, 3.05) is 26.2 Å². The second-order valence-corrected chi connectivity index (χ2v) is 9.65. The summed E-state index contributed by atoms with van der Waals surface area (Å²) in [5, 5.41) is 4.55. The van der Waals surface area contributed by atoms with Gasteiger partial charge < -0.3 is 4.90 Å². The number of aryl methyl sites for hydroxylation is 3. The van der Waals surface area contributed by atoms with Crippen LogP contribution in [0.5, 0.6) is 0 Å². The largest absolute Gasteiger partial charge is 0.340 e. The molecule has 2 heterocycles. The normalized spacial score (nSPS) is 14.4. The number of hydrogen-bond donors (Lipinski definition) is 0. The SMILES string of the molecule is Cc1cc(C)n(-c2ccc(CCC(=O)N3CCN(C(c4ccccc4)c4ccccc4)CC3)cc2)n1. The minimum Gasteiger partial charge on any atom is -0.340 e. The van der Waals surface area contributed by atoms with Crippen LogP contribution in [0.25, 0.3) is 5.69 Å². The third kappa shape index (κ3) is 5.42. The first-order valence-electron chi connectivity index (χ1n) is 12.8. The summed E-state index contributed by atoms with van der Waals surface area (Å²) in [7, 11) is 0. The Labute approximate surface area is 214 Å². The van der Waals surface area contributed by atoms with Gasteiger partial charge in [0.15, 0.2) is 0 Å². The van der Waals surface area contributed by atoms with E-state index in [1.54, 1.807) is 0 Å². The minimum atomic E-state index is 0.213. The smallest absolute Gasteiger partial charge is 0.222 e. The van der Waals surface area contributed by atoms with Crippen molar-refractivity contribution in [2.24, 2.45) is 0 Å². The monoisotopic (exact) mass is 478 g/mol. The summed E-state index contributed by atoms with van der Waals surface area (Å²) in [5.74, 6) is 0.244. The molecule has 0 spiro atoms. The summed E-state index contributed by atoms with van der Waals surface area (Å²) in [6.07, 6.45) is 1.30. The van der Waals surface area contributed by atoms with E-state index >= 15 is 0 Å². The number of hydrogen-bond acceptors (Lipinski definition) is 3. The lowest BCUT2D eigenvalue weighted by atomic mass is 9.96. The average molecular weight is 479 g/mol. The fraction of sp³-hybridized carbons (Fsp3) is 0.290. The molecule has 184 valence electrons. The number of piperazine rings is 1. The fourth-order valence-electron chi connectivity index (χ4n) is 5.22. The van der Waals surface area contributed by atoms with Crippen LogP contribution in [0, 0.1) is 13.8 Å². The van der Waals surface area contributed by atoms with E-state index in [4.69, 9.17) is 0 Å². The molecule has 1 aliphatic rings. The van der Waals surface area contributed by atoms with Crippen LogP contribution in [0.1, 0.15) is 40.5 Å². The molecule has 1 aliphatic heterocycles. The van der Waals surface area contributed by atoms with E-state index in [2.05, 4.69) is 108 Å². The topological polar surface area (TPSA) is 41.4 Å². The lowest BCUT2D eigenvalue weighted by molar-refractivity contribution is -0.133. The van der Waals surface area contributed by atoms with E-state index in [0.717, 1.165) is 49.7 Å². The Hall–Kier alpha value is -3.70. The van der Waals surface area contributed by atoms with Gasteiger partial charge >= 0.3 is 0 Å². The molecule has 5 heteroatoms. The highest BCUT2D eigenvalue weighted by Gasteiger charge is 2.27. The van der Waals surface area contributed by atoms with Gasteiger partial charge in [0, 0.05) is 38.3 Å². The second-order valence-electron chi connectivity index (χ2n) is 9.65. The Bertz CT molecular complexity index is 1230. The van der Waals surface area contributed by atoms with Crippen molar-refractivity contribution in [1.29, 1.82) is 0 Å². The summed E-state index contributed by atoms with van der Waals surface area (Å²) in [5.41, 5.74) is 6.97. The van der Waals surface area contributed by atoms with Crippen molar-refractivity contribution in [3.63, 3.8) is 0 Å². The zero-order valence-corrected chi connectivity index (χ0v) is 21.2. The number of rotatable bonds is 7. The van der Waals surface area contributed by atoms with Crippen molar-refractivity contribution in [3.05, 3.63) is 119 Å². The van der Waals surface area contributed by atoms with Crippen molar-refractivity contribution < 1.29 is 4.79 Å². The quantitative estimate of drug-likeness (QED) is 0.359. The molecule has 1 amide bonds. The maximum absolute atomic E-state index is 13.0. The van der Waals surface area contributed by atoms with E-state index in [9.17, 15) is 4.79 Å². The lowest BCUT2D eigenvalue weighted by Gasteiger charge is -2.40. The van der Waals surface area contributed by atoms with Gasteiger partial charge in [-0.3, -0.25) is 9.69 Å². The van der Waals surface area contributed by atoms with Gasteiger partial charge in [-0.25, -0.2) is 4.68 Å². The highest BCUT2D eigenvalue weighted by Crippen LogP contribution is 2.29. The molecule has 5 rings (SSSR count). The standard InChI is InChI=1S/C31H34N4O/c1-24-23-25(2)35(32-24)29-16-13-26(14-17-29)15-18-30(36)33-19-21-34(22-20-33)31(27-9-5-3-6-10-27)28-11-7-4-8-12-28/h3-14,16-17,23,31H,15,18-22H2,1-2H3. The van der Waals surface area contributed by atoms with Crippen LogP contribution in [-0.4, -0.2) is 51.7 Å². The number of nitrogens with zero attached hydrogens (tertiary/aromatic N) is 4. The molecule has 0 aliphatic carbocycles. The van der Waals surface area contributed by atoms with Crippen LogP contribution >= 0.6 is 0 Å². The van der Waals surface area contributed by atoms with E-state index in [1.807, 2.05) is 16.5 Å². The molecule has 0 saturated carbocycles. The third-order valence-corrected chi connectivity index (χ3v) is 7.08. The number of carbonyl (C=O) groups is 1. The molecule has 36 heavy (non-hydrogen) atoms. The number of benzene rings is 3. The molecule has 1 saturated heterocycles. The first-order chi connectivity index (χ1) is 17.6. The Morgan fingerprint density at radius 2 is 1.39 bits per heavy atom.